The summed E-state index contributed by atoms with van der Waals surface area (Å²) < 4.78 is 0. The SMILES string of the molecule is CC1CCCN(C(=O)c2ccc(NC(=O)C3CC3)s2)C1. The maximum atomic E-state index is 12.4. The lowest BCUT2D eigenvalue weighted by molar-refractivity contribution is -0.117. The molecule has 5 heteroatoms. The number of thiophene rings is 1. The van der Waals surface area contributed by atoms with Gasteiger partial charge in [0, 0.05) is 19.0 Å². The van der Waals surface area contributed by atoms with Crippen molar-refractivity contribution in [1.29, 1.82) is 0 Å². The van der Waals surface area contributed by atoms with Gasteiger partial charge in [0.15, 0.2) is 0 Å². The summed E-state index contributed by atoms with van der Waals surface area (Å²) in [6, 6.07) is 3.67. The topological polar surface area (TPSA) is 49.4 Å². The van der Waals surface area contributed by atoms with Crippen molar-refractivity contribution < 1.29 is 9.59 Å². The summed E-state index contributed by atoms with van der Waals surface area (Å²) in [5, 5.41) is 3.69. The van der Waals surface area contributed by atoms with Crippen LogP contribution in [0.25, 0.3) is 0 Å². The first-order valence-electron chi connectivity index (χ1n) is 7.33. The first-order valence-corrected chi connectivity index (χ1v) is 8.15. The predicted octanol–water partition coefficient (Wildman–Crippen LogP) is 2.97. The van der Waals surface area contributed by atoms with Crippen molar-refractivity contribution in [3.05, 3.63) is 17.0 Å². The second-order valence-corrected chi connectivity index (χ2v) is 7.01. The zero-order valence-electron chi connectivity index (χ0n) is 11.7. The highest BCUT2D eigenvalue weighted by atomic mass is 32.1. The Balaban J connectivity index is 1.63. The van der Waals surface area contributed by atoms with E-state index in [1.807, 2.05) is 17.0 Å². The van der Waals surface area contributed by atoms with Gasteiger partial charge in [-0.15, -0.1) is 11.3 Å². The maximum Gasteiger partial charge on any atom is 0.264 e. The van der Waals surface area contributed by atoms with Crippen LogP contribution in [0.3, 0.4) is 0 Å². The van der Waals surface area contributed by atoms with Gasteiger partial charge in [-0.1, -0.05) is 6.92 Å². The van der Waals surface area contributed by atoms with E-state index in [1.165, 1.54) is 17.8 Å². The molecule has 2 fully saturated rings. The number of likely N-dealkylation sites (tertiary alicyclic amines) is 1. The molecule has 108 valence electrons. The van der Waals surface area contributed by atoms with Gasteiger partial charge >= 0.3 is 0 Å². The van der Waals surface area contributed by atoms with Crippen molar-refractivity contribution in [2.75, 3.05) is 18.4 Å². The van der Waals surface area contributed by atoms with Gasteiger partial charge in [-0.3, -0.25) is 9.59 Å². The van der Waals surface area contributed by atoms with E-state index in [1.54, 1.807) is 0 Å². The van der Waals surface area contributed by atoms with Crippen LogP contribution in [0.1, 0.15) is 42.3 Å². The summed E-state index contributed by atoms with van der Waals surface area (Å²) in [6.07, 6.45) is 4.28. The van der Waals surface area contributed by atoms with Crippen LogP contribution in [0.4, 0.5) is 5.00 Å². The first kappa shape index (κ1) is 13.6. The van der Waals surface area contributed by atoms with Gasteiger partial charge in [0.25, 0.3) is 5.91 Å². The van der Waals surface area contributed by atoms with Gasteiger partial charge in [0.05, 0.1) is 9.88 Å². The second-order valence-electron chi connectivity index (χ2n) is 5.93. The zero-order chi connectivity index (χ0) is 14.1. The minimum Gasteiger partial charge on any atom is -0.338 e. The van der Waals surface area contributed by atoms with Crippen molar-refractivity contribution >= 4 is 28.2 Å². The van der Waals surface area contributed by atoms with Crippen LogP contribution in [0, 0.1) is 11.8 Å². The molecule has 1 atom stereocenters. The molecule has 1 aromatic rings. The lowest BCUT2D eigenvalue weighted by atomic mass is 10.0. The van der Waals surface area contributed by atoms with Gasteiger partial charge < -0.3 is 10.2 Å². The van der Waals surface area contributed by atoms with Gasteiger partial charge in [-0.2, -0.15) is 0 Å². The maximum absolute atomic E-state index is 12.4. The lowest BCUT2D eigenvalue weighted by Crippen LogP contribution is -2.38. The van der Waals surface area contributed by atoms with Crippen molar-refractivity contribution in [1.82, 2.24) is 4.90 Å². The zero-order valence-corrected chi connectivity index (χ0v) is 12.5. The lowest BCUT2D eigenvalue weighted by Gasteiger charge is -2.30. The average molecular weight is 292 g/mol. The third-order valence-corrected chi connectivity index (χ3v) is 4.94. The first-order chi connectivity index (χ1) is 9.63. The number of hydrogen-bond donors (Lipinski definition) is 1. The van der Waals surface area contributed by atoms with E-state index in [2.05, 4.69) is 12.2 Å². The summed E-state index contributed by atoms with van der Waals surface area (Å²) in [5.74, 6) is 0.979. The van der Waals surface area contributed by atoms with Crippen molar-refractivity contribution in [3.8, 4) is 0 Å². The Bertz CT molecular complexity index is 522. The van der Waals surface area contributed by atoms with Crippen LogP contribution in [0.15, 0.2) is 12.1 Å². The molecule has 0 bridgehead atoms. The standard InChI is InChI=1S/C15H20N2O2S/c1-10-3-2-8-17(9-10)15(19)12-6-7-13(20-12)16-14(18)11-4-5-11/h6-7,10-11H,2-5,8-9H2,1H3,(H,16,18). The smallest absolute Gasteiger partial charge is 0.264 e. The third kappa shape index (κ3) is 3.03. The molecule has 3 rings (SSSR count). The monoisotopic (exact) mass is 292 g/mol. The van der Waals surface area contributed by atoms with Crippen molar-refractivity contribution in [2.45, 2.75) is 32.6 Å². The molecule has 20 heavy (non-hydrogen) atoms. The predicted molar refractivity (Wildman–Crippen MR) is 80.0 cm³/mol. The fraction of sp³-hybridized carbons (Fsp3) is 0.600. The Kier molecular flexibility index (Phi) is 3.78. The molecule has 1 saturated heterocycles. The fourth-order valence-electron chi connectivity index (χ4n) is 2.62. The van der Waals surface area contributed by atoms with Gasteiger partial charge in [-0.25, -0.2) is 0 Å². The number of amides is 2. The summed E-state index contributed by atoms with van der Waals surface area (Å²) >= 11 is 1.39. The number of nitrogens with one attached hydrogen (secondary N) is 1. The van der Waals surface area contributed by atoms with Gasteiger partial charge in [0.1, 0.15) is 0 Å². The average Bonchev–Trinajstić information content (AvgIpc) is 3.19. The molecule has 1 saturated carbocycles. The quantitative estimate of drug-likeness (QED) is 0.931. The minimum absolute atomic E-state index is 0.0949. The van der Waals surface area contributed by atoms with Crippen LogP contribution in [0.2, 0.25) is 0 Å². The Morgan fingerprint density at radius 2 is 2.10 bits per heavy atom. The molecule has 2 heterocycles. The van der Waals surface area contributed by atoms with Gasteiger partial charge in [0.2, 0.25) is 5.91 Å². The van der Waals surface area contributed by atoms with Crippen molar-refractivity contribution in [3.63, 3.8) is 0 Å². The van der Waals surface area contributed by atoms with E-state index in [-0.39, 0.29) is 17.7 Å². The van der Waals surface area contributed by atoms with Gasteiger partial charge in [-0.05, 0) is 43.7 Å². The highest BCUT2D eigenvalue weighted by molar-refractivity contribution is 7.18. The number of rotatable bonds is 3. The Hall–Kier alpha value is -1.36. The van der Waals surface area contributed by atoms with Crippen LogP contribution in [-0.4, -0.2) is 29.8 Å². The Morgan fingerprint density at radius 1 is 1.30 bits per heavy atom. The number of carbonyl (C=O) groups excluding carboxylic acids is 2. The second kappa shape index (κ2) is 5.56. The van der Waals surface area contributed by atoms with E-state index in [9.17, 15) is 9.59 Å². The van der Waals surface area contributed by atoms with Crippen LogP contribution < -0.4 is 5.32 Å². The van der Waals surface area contributed by atoms with E-state index < -0.39 is 0 Å². The van der Waals surface area contributed by atoms with Crippen LogP contribution in [0.5, 0.6) is 0 Å². The number of anilines is 1. The summed E-state index contributed by atoms with van der Waals surface area (Å²) in [7, 11) is 0. The number of nitrogens with zero attached hydrogens (tertiary/aromatic N) is 1. The van der Waals surface area contributed by atoms with Crippen molar-refractivity contribution in [2.24, 2.45) is 11.8 Å². The van der Waals surface area contributed by atoms with Crippen LogP contribution >= 0.6 is 11.3 Å². The molecule has 0 radical (unpaired) electrons. The van der Waals surface area contributed by atoms with Crippen LogP contribution in [-0.2, 0) is 4.79 Å². The van der Waals surface area contributed by atoms with E-state index >= 15 is 0 Å². The largest absolute Gasteiger partial charge is 0.338 e. The molecule has 1 unspecified atom stereocenters. The molecule has 4 nitrogen and oxygen atoms in total. The molecule has 1 aromatic heterocycles. The number of piperidine rings is 1. The molecule has 1 N–H and O–H groups in total. The summed E-state index contributed by atoms with van der Waals surface area (Å²) in [5.41, 5.74) is 0. The molecule has 1 aliphatic carbocycles. The molecule has 1 aliphatic heterocycles. The normalized spacial score (nSPS) is 22.6. The molecule has 2 aliphatic rings. The Labute approximate surface area is 123 Å². The highest BCUT2D eigenvalue weighted by Crippen LogP contribution is 2.32. The van der Waals surface area contributed by atoms with E-state index in [4.69, 9.17) is 0 Å². The molecule has 0 aromatic carbocycles. The number of carbonyl (C=O) groups is 2. The summed E-state index contributed by atoms with van der Waals surface area (Å²) in [6.45, 7) is 3.89. The minimum atomic E-state index is 0.0949. The molecular weight excluding hydrogens is 272 g/mol. The molecular formula is C15H20N2O2S. The molecule has 2 amide bonds. The third-order valence-electron chi connectivity index (χ3n) is 3.96. The Morgan fingerprint density at radius 3 is 2.80 bits per heavy atom. The van der Waals surface area contributed by atoms with E-state index in [0.717, 1.165) is 42.2 Å². The fourth-order valence-corrected chi connectivity index (χ4v) is 3.50. The molecule has 0 spiro atoms. The summed E-state index contributed by atoms with van der Waals surface area (Å²) in [4.78, 5) is 26.8. The highest BCUT2D eigenvalue weighted by Gasteiger charge is 2.30. The van der Waals surface area contributed by atoms with E-state index in [0.29, 0.717) is 5.92 Å². The number of hydrogen-bond acceptors (Lipinski definition) is 3.